The minimum absolute atomic E-state index is 0.0220. The normalized spacial score (nSPS) is 17.4. The van der Waals surface area contributed by atoms with Gasteiger partial charge in [-0.15, -0.1) is 10.2 Å². The highest BCUT2D eigenvalue weighted by Gasteiger charge is 2.32. The third-order valence-corrected chi connectivity index (χ3v) is 6.87. The van der Waals surface area contributed by atoms with E-state index in [0.717, 1.165) is 29.8 Å². The molecule has 2 aliphatic rings. The van der Waals surface area contributed by atoms with Crippen molar-refractivity contribution in [2.24, 2.45) is 0 Å². The fraction of sp³-hybridized carbons (Fsp3) is 0.435. The van der Waals surface area contributed by atoms with Crippen LogP contribution < -0.4 is 10.2 Å². The van der Waals surface area contributed by atoms with Crippen LogP contribution in [0.3, 0.4) is 0 Å². The molecule has 0 spiro atoms. The van der Waals surface area contributed by atoms with Gasteiger partial charge in [0.15, 0.2) is 5.16 Å². The maximum Gasteiger partial charge on any atom is 0.230 e. The standard InChI is InChI=1S/C23H27N5OS/c1-16(18-9-8-17-6-2-3-7-19(17)14-18)24-21(29)15-30-23-26-25-22(27-12-4-5-13-27)28(23)20-10-11-20/h2-3,6-9,14,16,20H,4-5,10-13,15H2,1H3,(H,24,29). The number of aromatic nitrogens is 3. The van der Waals surface area contributed by atoms with Crippen molar-refractivity contribution in [3.05, 3.63) is 48.0 Å². The van der Waals surface area contributed by atoms with E-state index in [1.165, 1.54) is 48.2 Å². The van der Waals surface area contributed by atoms with Gasteiger partial charge >= 0.3 is 0 Å². The minimum atomic E-state index is -0.0378. The number of anilines is 1. The van der Waals surface area contributed by atoms with Gasteiger partial charge in [0.2, 0.25) is 11.9 Å². The average Bonchev–Trinajstić information content (AvgIpc) is 3.28. The van der Waals surface area contributed by atoms with E-state index in [4.69, 9.17) is 0 Å². The number of amides is 1. The highest BCUT2D eigenvalue weighted by atomic mass is 32.2. The van der Waals surface area contributed by atoms with E-state index in [1.54, 1.807) is 0 Å². The molecule has 7 heteroatoms. The minimum Gasteiger partial charge on any atom is -0.349 e. The maximum absolute atomic E-state index is 12.6. The summed E-state index contributed by atoms with van der Waals surface area (Å²) in [5, 5.41) is 15.3. The highest BCUT2D eigenvalue weighted by Crippen LogP contribution is 2.41. The second-order valence-electron chi connectivity index (χ2n) is 8.26. The lowest BCUT2D eigenvalue weighted by molar-refractivity contribution is -0.119. The van der Waals surface area contributed by atoms with Gasteiger partial charge in [0, 0.05) is 19.1 Å². The Labute approximate surface area is 181 Å². The summed E-state index contributed by atoms with van der Waals surface area (Å²) >= 11 is 1.49. The number of thioether (sulfide) groups is 1. The summed E-state index contributed by atoms with van der Waals surface area (Å²) in [7, 11) is 0. The SMILES string of the molecule is CC(NC(=O)CSc1nnc(N2CCCC2)n1C1CC1)c1ccc2ccccc2c1. The van der Waals surface area contributed by atoms with Crippen molar-refractivity contribution >= 4 is 34.4 Å². The maximum atomic E-state index is 12.6. The summed E-state index contributed by atoms with van der Waals surface area (Å²) in [4.78, 5) is 15.0. The summed E-state index contributed by atoms with van der Waals surface area (Å²) in [5.41, 5.74) is 1.12. The van der Waals surface area contributed by atoms with Crippen molar-refractivity contribution < 1.29 is 4.79 Å². The molecule has 2 fully saturated rings. The molecule has 0 bridgehead atoms. The molecule has 1 atom stereocenters. The molecule has 5 rings (SSSR count). The lowest BCUT2D eigenvalue weighted by atomic mass is 10.0. The van der Waals surface area contributed by atoms with Crippen LogP contribution in [0.4, 0.5) is 5.95 Å². The molecular formula is C23H27N5OS. The van der Waals surface area contributed by atoms with Crippen molar-refractivity contribution in [3.63, 3.8) is 0 Å². The largest absolute Gasteiger partial charge is 0.349 e. The van der Waals surface area contributed by atoms with Gasteiger partial charge in [-0.05, 0) is 55.0 Å². The van der Waals surface area contributed by atoms with Gasteiger partial charge < -0.3 is 10.2 Å². The first-order valence-electron chi connectivity index (χ1n) is 10.8. The fourth-order valence-corrected chi connectivity index (χ4v) is 4.94. The predicted octanol–water partition coefficient (Wildman–Crippen LogP) is 4.34. The average molecular weight is 422 g/mol. The van der Waals surface area contributed by atoms with Gasteiger partial charge in [-0.3, -0.25) is 9.36 Å². The van der Waals surface area contributed by atoms with E-state index in [1.807, 2.05) is 19.1 Å². The number of carbonyl (C=O) groups is 1. The van der Waals surface area contributed by atoms with Gasteiger partial charge in [0.05, 0.1) is 11.8 Å². The van der Waals surface area contributed by atoms with E-state index in [-0.39, 0.29) is 11.9 Å². The van der Waals surface area contributed by atoms with Gasteiger partial charge in [-0.1, -0.05) is 48.2 Å². The number of nitrogens with zero attached hydrogens (tertiary/aromatic N) is 4. The summed E-state index contributed by atoms with van der Waals surface area (Å²) < 4.78 is 2.26. The number of hydrogen-bond donors (Lipinski definition) is 1. The van der Waals surface area contributed by atoms with Crippen molar-refractivity contribution in [2.75, 3.05) is 23.7 Å². The van der Waals surface area contributed by atoms with E-state index in [0.29, 0.717) is 11.8 Å². The van der Waals surface area contributed by atoms with Crippen molar-refractivity contribution in [1.82, 2.24) is 20.1 Å². The Balaban J connectivity index is 1.23. The molecule has 3 aromatic rings. The molecule has 156 valence electrons. The topological polar surface area (TPSA) is 63.1 Å². The molecule has 1 aliphatic carbocycles. The van der Waals surface area contributed by atoms with Crippen molar-refractivity contribution in [3.8, 4) is 0 Å². The molecule has 1 N–H and O–H groups in total. The van der Waals surface area contributed by atoms with Crippen LogP contribution in [0.15, 0.2) is 47.6 Å². The molecule has 1 unspecified atom stereocenters. The summed E-state index contributed by atoms with van der Waals surface area (Å²) in [6, 6.07) is 15.1. The highest BCUT2D eigenvalue weighted by molar-refractivity contribution is 7.99. The van der Waals surface area contributed by atoms with Crippen LogP contribution >= 0.6 is 11.8 Å². The Bertz CT molecular complexity index is 1050. The van der Waals surface area contributed by atoms with Crippen LogP contribution in [0, 0.1) is 0 Å². The van der Waals surface area contributed by atoms with Gasteiger partial charge in [0.1, 0.15) is 0 Å². The Hall–Kier alpha value is -2.54. The van der Waals surface area contributed by atoms with Gasteiger partial charge in [-0.2, -0.15) is 0 Å². The molecule has 1 saturated heterocycles. The lowest BCUT2D eigenvalue weighted by Crippen LogP contribution is -2.28. The van der Waals surface area contributed by atoms with Gasteiger partial charge in [-0.25, -0.2) is 0 Å². The van der Waals surface area contributed by atoms with Crippen molar-refractivity contribution in [1.29, 1.82) is 0 Å². The summed E-state index contributed by atoms with van der Waals surface area (Å²) in [5.74, 6) is 1.36. The Kier molecular flexibility index (Phi) is 5.37. The first-order chi connectivity index (χ1) is 14.7. The lowest BCUT2D eigenvalue weighted by Gasteiger charge is -2.18. The molecule has 1 amide bonds. The molecule has 2 aromatic carbocycles. The number of benzene rings is 2. The monoisotopic (exact) mass is 421 g/mol. The quantitative estimate of drug-likeness (QED) is 0.575. The number of rotatable bonds is 7. The Morgan fingerprint density at radius 3 is 2.67 bits per heavy atom. The molecular weight excluding hydrogens is 394 g/mol. The van der Waals surface area contributed by atoms with Crippen LogP contribution in [0.2, 0.25) is 0 Å². The molecule has 1 saturated carbocycles. The summed E-state index contributed by atoms with van der Waals surface area (Å²) in [6.45, 7) is 4.14. The predicted molar refractivity (Wildman–Crippen MR) is 121 cm³/mol. The molecule has 30 heavy (non-hydrogen) atoms. The summed E-state index contributed by atoms with van der Waals surface area (Å²) in [6.07, 6.45) is 4.79. The smallest absolute Gasteiger partial charge is 0.230 e. The second-order valence-corrected chi connectivity index (χ2v) is 9.20. The van der Waals surface area contributed by atoms with Crippen LogP contribution in [-0.2, 0) is 4.79 Å². The Morgan fingerprint density at radius 1 is 1.13 bits per heavy atom. The number of nitrogens with one attached hydrogen (secondary N) is 1. The number of fused-ring (bicyclic) bond motifs is 1. The molecule has 0 radical (unpaired) electrons. The molecule has 2 heterocycles. The zero-order valence-corrected chi connectivity index (χ0v) is 18.1. The fourth-order valence-electron chi connectivity index (χ4n) is 4.13. The van der Waals surface area contributed by atoms with Crippen LogP contribution in [0.1, 0.15) is 50.3 Å². The van der Waals surface area contributed by atoms with Crippen LogP contribution in [-0.4, -0.2) is 39.5 Å². The van der Waals surface area contributed by atoms with E-state index in [9.17, 15) is 4.79 Å². The number of carbonyl (C=O) groups excluding carboxylic acids is 1. The van der Waals surface area contributed by atoms with Crippen LogP contribution in [0.5, 0.6) is 0 Å². The van der Waals surface area contributed by atoms with Gasteiger partial charge in [0.25, 0.3) is 0 Å². The first kappa shape index (κ1) is 19.4. The van der Waals surface area contributed by atoms with E-state index in [2.05, 4.69) is 55.3 Å². The zero-order chi connectivity index (χ0) is 20.5. The molecule has 1 aliphatic heterocycles. The zero-order valence-electron chi connectivity index (χ0n) is 17.3. The first-order valence-corrected chi connectivity index (χ1v) is 11.8. The second kappa shape index (κ2) is 8.30. The Morgan fingerprint density at radius 2 is 1.90 bits per heavy atom. The van der Waals surface area contributed by atoms with E-state index >= 15 is 0 Å². The van der Waals surface area contributed by atoms with E-state index < -0.39 is 0 Å². The third-order valence-electron chi connectivity index (χ3n) is 5.93. The van der Waals surface area contributed by atoms with Crippen molar-refractivity contribution in [2.45, 2.75) is 49.8 Å². The van der Waals surface area contributed by atoms with Crippen LogP contribution in [0.25, 0.3) is 10.8 Å². The molecule has 1 aromatic heterocycles. The molecule has 6 nitrogen and oxygen atoms in total. The number of hydrogen-bond acceptors (Lipinski definition) is 5. The third kappa shape index (κ3) is 4.03.